The first-order chi connectivity index (χ1) is 9.65. The molecule has 1 saturated carbocycles. The second-order valence-corrected chi connectivity index (χ2v) is 5.63. The number of nitrogens with one attached hydrogen (secondary N) is 2. The fourth-order valence-electron chi connectivity index (χ4n) is 2.83. The van der Waals surface area contributed by atoms with Crippen LogP contribution in [-0.2, 0) is 4.79 Å². The van der Waals surface area contributed by atoms with Gasteiger partial charge in [-0.05, 0) is 43.9 Å². The average Bonchev–Trinajstić information content (AvgIpc) is 2.46. The minimum Gasteiger partial charge on any atom is -0.325 e. The molecule has 4 heteroatoms. The molecule has 1 aromatic carbocycles. The van der Waals surface area contributed by atoms with Crippen LogP contribution in [0.1, 0.15) is 39.0 Å². The highest BCUT2D eigenvalue weighted by Gasteiger charge is 2.20. The van der Waals surface area contributed by atoms with Crippen molar-refractivity contribution in [3.8, 4) is 0 Å². The number of hydrogen-bond donors (Lipinski definition) is 2. The molecule has 2 N–H and O–H groups in total. The number of amides is 1. The van der Waals surface area contributed by atoms with Crippen LogP contribution in [0.3, 0.4) is 0 Å². The van der Waals surface area contributed by atoms with Gasteiger partial charge in [0.05, 0.1) is 6.54 Å². The number of carbonyl (C=O) groups is 1. The van der Waals surface area contributed by atoms with Crippen molar-refractivity contribution in [2.24, 2.45) is 5.92 Å². The highest BCUT2D eigenvalue weighted by Crippen LogP contribution is 2.26. The standard InChI is InChI=1S/C16H23FN2O/c1-12(13-6-3-2-4-7-13)18-11-16(20)19-15-9-5-8-14(17)10-15/h5,8-10,12-13,18H,2-4,6-7,11H2,1H3,(H,19,20)/t12-/m1/s1. The summed E-state index contributed by atoms with van der Waals surface area (Å²) in [6.07, 6.45) is 6.43. The Kier molecular flexibility index (Phi) is 5.53. The van der Waals surface area contributed by atoms with Crippen molar-refractivity contribution in [3.63, 3.8) is 0 Å². The Morgan fingerprint density at radius 2 is 2.10 bits per heavy atom. The second kappa shape index (κ2) is 7.39. The molecule has 3 nitrogen and oxygen atoms in total. The van der Waals surface area contributed by atoms with Gasteiger partial charge in [0.2, 0.25) is 5.91 Å². The highest BCUT2D eigenvalue weighted by molar-refractivity contribution is 5.92. The summed E-state index contributed by atoms with van der Waals surface area (Å²) < 4.78 is 13.0. The van der Waals surface area contributed by atoms with Gasteiger partial charge in [0.15, 0.2) is 0 Å². The van der Waals surface area contributed by atoms with Crippen LogP contribution in [0.15, 0.2) is 24.3 Å². The number of benzene rings is 1. The third-order valence-electron chi connectivity index (χ3n) is 4.05. The Morgan fingerprint density at radius 1 is 1.35 bits per heavy atom. The quantitative estimate of drug-likeness (QED) is 0.867. The topological polar surface area (TPSA) is 41.1 Å². The predicted molar refractivity (Wildman–Crippen MR) is 79.1 cm³/mol. The molecule has 0 spiro atoms. The van der Waals surface area contributed by atoms with Crippen LogP contribution in [-0.4, -0.2) is 18.5 Å². The molecule has 0 radical (unpaired) electrons. The van der Waals surface area contributed by atoms with Crippen LogP contribution in [0.2, 0.25) is 0 Å². The van der Waals surface area contributed by atoms with Gasteiger partial charge in [0.1, 0.15) is 5.82 Å². The zero-order valence-corrected chi connectivity index (χ0v) is 12.0. The third kappa shape index (κ3) is 4.60. The normalized spacial score (nSPS) is 17.7. The summed E-state index contributed by atoms with van der Waals surface area (Å²) in [6.45, 7) is 2.42. The molecule has 20 heavy (non-hydrogen) atoms. The van der Waals surface area contributed by atoms with Crippen molar-refractivity contribution in [1.29, 1.82) is 0 Å². The molecule has 1 aromatic rings. The minimum atomic E-state index is -0.341. The van der Waals surface area contributed by atoms with Crippen molar-refractivity contribution < 1.29 is 9.18 Å². The van der Waals surface area contributed by atoms with E-state index in [1.54, 1.807) is 12.1 Å². The molecule has 1 amide bonds. The minimum absolute atomic E-state index is 0.127. The molecule has 0 aliphatic heterocycles. The van der Waals surface area contributed by atoms with Crippen LogP contribution < -0.4 is 10.6 Å². The van der Waals surface area contributed by atoms with E-state index in [1.165, 1.54) is 44.2 Å². The van der Waals surface area contributed by atoms with Gasteiger partial charge in [-0.2, -0.15) is 0 Å². The molecule has 1 aliphatic carbocycles. The van der Waals surface area contributed by atoms with Gasteiger partial charge < -0.3 is 10.6 Å². The fourth-order valence-corrected chi connectivity index (χ4v) is 2.83. The summed E-state index contributed by atoms with van der Waals surface area (Å²) in [4.78, 5) is 11.8. The lowest BCUT2D eigenvalue weighted by molar-refractivity contribution is -0.115. The summed E-state index contributed by atoms with van der Waals surface area (Å²) in [6, 6.07) is 6.31. The van der Waals surface area contributed by atoms with E-state index in [2.05, 4.69) is 17.6 Å². The molecular formula is C16H23FN2O. The predicted octanol–water partition coefficient (Wildman–Crippen LogP) is 3.32. The second-order valence-electron chi connectivity index (χ2n) is 5.63. The van der Waals surface area contributed by atoms with Gasteiger partial charge in [0.25, 0.3) is 0 Å². The van der Waals surface area contributed by atoms with E-state index in [0.717, 1.165) is 0 Å². The van der Waals surface area contributed by atoms with Crippen molar-refractivity contribution in [1.82, 2.24) is 5.32 Å². The maximum absolute atomic E-state index is 13.0. The lowest BCUT2D eigenvalue weighted by Gasteiger charge is -2.28. The summed E-state index contributed by atoms with van der Waals surface area (Å²) >= 11 is 0. The Balaban J connectivity index is 1.74. The van der Waals surface area contributed by atoms with Gasteiger partial charge in [-0.3, -0.25) is 4.79 Å². The molecule has 0 aromatic heterocycles. The van der Waals surface area contributed by atoms with E-state index in [0.29, 0.717) is 17.6 Å². The van der Waals surface area contributed by atoms with Crippen molar-refractivity contribution in [2.75, 3.05) is 11.9 Å². The van der Waals surface area contributed by atoms with Crippen LogP contribution in [0.4, 0.5) is 10.1 Å². The van der Waals surface area contributed by atoms with Crippen molar-refractivity contribution in [2.45, 2.75) is 45.1 Å². The van der Waals surface area contributed by atoms with Crippen LogP contribution in [0.25, 0.3) is 0 Å². The number of halogens is 1. The summed E-state index contributed by atoms with van der Waals surface area (Å²) in [7, 11) is 0. The smallest absolute Gasteiger partial charge is 0.238 e. The van der Waals surface area contributed by atoms with Crippen molar-refractivity contribution >= 4 is 11.6 Å². The summed E-state index contributed by atoms with van der Waals surface area (Å²) in [5.74, 6) is 0.204. The van der Waals surface area contributed by atoms with Crippen LogP contribution in [0.5, 0.6) is 0 Å². The zero-order chi connectivity index (χ0) is 14.4. The molecule has 1 aliphatic rings. The molecule has 1 atom stereocenters. The average molecular weight is 278 g/mol. The van der Waals surface area contributed by atoms with Gasteiger partial charge >= 0.3 is 0 Å². The van der Waals surface area contributed by atoms with Gasteiger partial charge in [-0.1, -0.05) is 25.3 Å². The van der Waals surface area contributed by atoms with E-state index in [9.17, 15) is 9.18 Å². The van der Waals surface area contributed by atoms with Crippen LogP contribution >= 0.6 is 0 Å². The third-order valence-corrected chi connectivity index (χ3v) is 4.05. The van der Waals surface area contributed by atoms with E-state index >= 15 is 0 Å². The molecule has 1 fully saturated rings. The lowest BCUT2D eigenvalue weighted by Crippen LogP contribution is -2.39. The molecule has 2 rings (SSSR count). The summed E-state index contributed by atoms with van der Waals surface area (Å²) in [5.41, 5.74) is 0.502. The Labute approximate surface area is 120 Å². The monoisotopic (exact) mass is 278 g/mol. The lowest BCUT2D eigenvalue weighted by atomic mass is 9.84. The van der Waals surface area contributed by atoms with Gasteiger partial charge in [0, 0.05) is 11.7 Å². The van der Waals surface area contributed by atoms with E-state index in [-0.39, 0.29) is 18.3 Å². The fraction of sp³-hybridized carbons (Fsp3) is 0.562. The maximum Gasteiger partial charge on any atom is 0.238 e. The number of hydrogen-bond acceptors (Lipinski definition) is 2. The van der Waals surface area contributed by atoms with Gasteiger partial charge in [-0.25, -0.2) is 4.39 Å². The Morgan fingerprint density at radius 3 is 2.80 bits per heavy atom. The van der Waals surface area contributed by atoms with Gasteiger partial charge in [-0.15, -0.1) is 0 Å². The maximum atomic E-state index is 13.0. The molecule has 0 bridgehead atoms. The number of carbonyl (C=O) groups excluding carboxylic acids is 1. The van der Waals surface area contributed by atoms with E-state index < -0.39 is 0 Å². The number of anilines is 1. The largest absolute Gasteiger partial charge is 0.325 e. The Hall–Kier alpha value is -1.42. The van der Waals surface area contributed by atoms with Crippen molar-refractivity contribution in [3.05, 3.63) is 30.1 Å². The van der Waals surface area contributed by atoms with Crippen LogP contribution in [0, 0.1) is 11.7 Å². The highest BCUT2D eigenvalue weighted by atomic mass is 19.1. The first-order valence-electron chi connectivity index (χ1n) is 7.44. The van der Waals surface area contributed by atoms with E-state index in [1.807, 2.05) is 0 Å². The zero-order valence-electron chi connectivity index (χ0n) is 12.0. The molecular weight excluding hydrogens is 255 g/mol. The molecule has 0 unspecified atom stereocenters. The molecule has 0 heterocycles. The van der Waals surface area contributed by atoms with E-state index in [4.69, 9.17) is 0 Å². The first-order valence-corrected chi connectivity index (χ1v) is 7.44. The molecule has 110 valence electrons. The molecule has 0 saturated heterocycles. The Bertz CT molecular complexity index is 444. The summed E-state index contributed by atoms with van der Waals surface area (Å²) in [5, 5.41) is 5.98. The SMILES string of the molecule is C[C@@H](NCC(=O)Nc1cccc(F)c1)C1CCCCC1. The first kappa shape index (κ1) is 15.0. The number of rotatable bonds is 5.